The monoisotopic (exact) mass is 382 g/mol. The van der Waals surface area contributed by atoms with E-state index in [1.165, 1.54) is 38.5 Å². The zero-order chi connectivity index (χ0) is 20.0. The number of methoxy groups -OCH3 is 2. The molecule has 0 aliphatic heterocycles. The highest BCUT2D eigenvalue weighted by molar-refractivity contribution is 5.95. The van der Waals surface area contributed by atoms with Gasteiger partial charge < -0.3 is 20.1 Å². The summed E-state index contributed by atoms with van der Waals surface area (Å²) in [6.07, 6.45) is -4.97. The van der Waals surface area contributed by atoms with E-state index in [0.29, 0.717) is 22.6 Å². The fourth-order valence-electron chi connectivity index (χ4n) is 2.22. The highest BCUT2D eigenvalue weighted by atomic mass is 19.4. The molecule has 27 heavy (non-hydrogen) atoms. The number of hydrogen-bond donors (Lipinski definition) is 2. The van der Waals surface area contributed by atoms with Crippen molar-refractivity contribution in [1.82, 2.24) is 5.32 Å². The van der Waals surface area contributed by atoms with E-state index < -0.39 is 18.0 Å². The van der Waals surface area contributed by atoms with Gasteiger partial charge in [0, 0.05) is 17.8 Å². The fraction of sp³-hybridized carbons (Fsp3) is 0.222. The first-order valence-electron chi connectivity index (χ1n) is 7.72. The molecular formula is C18H17F3N2O4. The standard InChI is InChI=1S/C18H17F3N2O4/c1-26-14-7-6-12(9-15(14)27-2)16(24)22-10-11-4-3-5-13(8-11)23-17(25)18(19,20)21/h3-9H,10H2,1-2H3,(H,22,24)(H,23,25). The number of nitrogens with one attached hydrogen (secondary N) is 2. The van der Waals surface area contributed by atoms with Crippen LogP contribution < -0.4 is 20.1 Å². The molecule has 0 heterocycles. The molecule has 2 aromatic rings. The van der Waals surface area contributed by atoms with Gasteiger partial charge >= 0.3 is 12.1 Å². The molecule has 2 rings (SSSR count). The molecule has 0 unspecified atom stereocenters. The summed E-state index contributed by atoms with van der Waals surface area (Å²) in [6.45, 7) is 0.0584. The minimum atomic E-state index is -4.97. The Morgan fingerprint density at radius 2 is 1.70 bits per heavy atom. The van der Waals surface area contributed by atoms with Crippen LogP contribution in [0.15, 0.2) is 42.5 Å². The third-order valence-corrected chi connectivity index (χ3v) is 3.54. The van der Waals surface area contributed by atoms with E-state index in [1.807, 2.05) is 0 Å². The Morgan fingerprint density at radius 1 is 1.00 bits per heavy atom. The van der Waals surface area contributed by atoms with Crippen molar-refractivity contribution in [2.24, 2.45) is 0 Å². The van der Waals surface area contributed by atoms with Gasteiger partial charge in [0.25, 0.3) is 5.91 Å². The third kappa shape index (κ3) is 5.37. The summed E-state index contributed by atoms with van der Waals surface area (Å²) < 4.78 is 47.1. The third-order valence-electron chi connectivity index (χ3n) is 3.54. The van der Waals surface area contributed by atoms with Gasteiger partial charge in [-0.2, -0.15) is 13.2 Å². The lowest BCUT2D eigenvalue weighted by molar-refractivity contribution is -0.167. The summed E-state index contributed by atoms with van der Waals surface area (Å²) in [7, 11) is 2.92. The molecule has 2 amide bonds. The van der Waals surface area contributed by atoms with Crippen LogP contribution in [-0.4, -0.2) is 32.2 Å². The topological polar surface area (TPSA) is 76.7 Å². The van der Waals surface area contributed by atoms with Crippen LogP contribution in [0.5, 0.6) is 11.5 Å². The Balaban J connectivity index is 2.03. The molecule has 0 aromatic heterocycles. The minimum absolute atomic E-state index is 0.0183. The molecule has 0 atom stereocenters. The molecule has 0 aliphatic rings. The summed E-state index contributed by atoms with van der Waals surface area (Å²) in [5.41, 5.74) is 0.827. The van der Waals surface area contributed by atoms with Crippen molar-refractivity contribution in [3.63, 3.8) is 0 Å². The summed E-state index contributed by atoms with van der Waals surface area (Å²) in [5.74, 6) is -1.60. The van der Waals surface area contributed by atoms with Crippen molar-refractivity contribution < 1.29 is 32.2 Å². The molecule has 2 aromatic carbocycles. The molecular weight excluding hydrogens is 365 g/mol. The number of carbonyl (C=O) groups excluding carboxylic acids is 2. The molecule has 0 saturated heterocycles. The Bertz CT molecular complexity index is 838. The number of benzene rings is 2. The van der Waals surface area contributed by atoms with Crippen molar-refractivity contribution in [1.29, 1.82) is 0 Å². The smallest absolute Gasteiger partial charge is 0.471 e. The largest absolute Gasteiger partial charge is 0.493 e. The van der Waals surface area contributed by atoms with Gasteiger partial charge in [0.1, 0.15) is 0 Å². The highest BCUT2D eigenvalue weighted by Gasteiger charge is 2.38. The summed E-state index contributed by atoms with van der Waals surface area (Å²) in [4.78, 5) is 23.2. The zero-order valence-electron chi connectivity index (χ0n) is 14.5. The summed E-state index contributed by atoms with van der Waals surface area (Å²) in [6, 6.07) is 10.4. The first kappa shape index (κ1) is 20.1. The Kier molecular flexibility index (Phi) is 6.27. The minimum Gasteiger partial charge on any atom is -0.493 e. The number of halogens is 3. The Morgan fingerprint density at radius 3 is 2.33 bits per heavy atom. The van der Waals surface area contributed by atoms with E-state index in [4.69, 9.17) is 9.47 Å². The molecule has 6 nitrogen and oxygen atoms in total. The summed E-state index contributed by atoms with van der Waals surface area (Å²) >= 11 is 0. The number of carbonyl (C=O) groups is 2. The van der Waals surface area contributed by atoms with Crippen LogP contribution in [0, 0.1) is 0 Å². The Hall–Kier alpha value is -3.23. The quantitative estimate of drug-likeness (QED) is 0.805. The van der Waals surface area contributed by atoms with Crippen LogP contribution in [0.2, 0.25) is 0 Å². The van der Waals surface area contributed by atoms with Gasteiger partial charge in [-0.05, 0) is 35.9 Å². The lowest BCUT2D eigenvalue weighted by Gasteiger charge is -2.11. The number of alkyl halides is 3. The molecule has 144 valence electrons. The molecule has 2 N–H and O–H groups in total. The number of anilines is 1. The predicted molar refractivity (Wildman–Crippen MR) is 91.8 cm³/mol. The number of rotatable bonds is 6. The van der Waals surface area contributed by atoms with Crippen LogP contribution in [0.25, 0.3) is 0 Å². The average molecular weight is 382 g/mol. The van der Waals surface area contributed by atoms with Gasteiger partial charge in [0.2, 0.25) is 0 Å². The van der Waals surface area contributed by atoms with E-state index in [2.05, 4.69) is 5.32 Å². The molecule has 0 bridgehead atoms. The van der Waals surface area contributed by atoms with Crippen LogP contribution in [0.4, 0.5) is 18.9 Å². The maximum atomic E-state index is 12.3. The van der Waals surface area contributed by atoms with Crippen molar-refractivity contribution in [3.8, 4) is 11.5 Å². The van der Waals surface area contributed by atoms with E-state index in [1.54, 1.807) is 23.5 Å². The van der Waals surface area contributed by atoms with Crippen LogP contribution in [-0.2, 0) is 11.3 Å². The first-order chi connectivity index (χ1) is 12.7. The molecule has 0 fully saturated rings. The van der Waals surface area contributed by atoms with Crippen LogP contribution in [0.1, 0.15) is 15.9 Å². The molecule has 0 radical (unpaired) electrons. The van der Waals surface area contributed by atoms with Crippen LogP contribution in [0.3, 0.4) is 0 Å². The highest BCUT2D eigenvalue weighted by Crippen LogP contribution is 2.27. The van der Waals surface area contributed by atoms with Gasteiger partial charge in [0.15, 0.2) is 11.5 Å². The fourth-order valence-corrected chi connectivity index (χ4v) is 2.22. The molecule has 0 saturated carbocycles. The van der Waals surface area contributed by atoms with Crippen molar-refractivity contribution in [3.05, 3.63) is 53.6 Å². The van der Waals surface area contributed by atoms with Gasteiger partial charge in [-0.15, -0.1) is 0 Å². The van der Waals surface area contributed by atoms with E-state index in [-0.39, 0.29) is 12.2 Å². The second-order valence-electron chi connectivity index (χ2n) is 5.40. The van der Waals surface area contributed by atoms with E-state index in [0.717, 1.165) is 0 Å². The predicted octanol–water partition coefficient (Wildman–Crippen LogP) is 3.13. The molecule has 9 heteroatoms. The number of amides is 2. The maximum absolute atomic E-state index is 12.3. The zero-order valence-corrected chi connectivity index (χ0v) is 14.5. The van der Waals surface area contributed by atoms with Crippen molar-refractivity contribution >= 4 is 17.5 Å². The second kappa shape index (κ2) is 8.43. The van der Waals surface area contributed by atoms with Gasteiger partial charge in [-0.25, -0.2) is 0 Å². The normalized spacial score (nSPS) is 10.9. The SMILES string of the molecule is COc1ccc(C(=O)NCc2cccc(NC(=O)C(F)(F)F)c2)cc1OC. The van der Waals surface area contributed by atoms with Crippen molar-refractivity contribution in [2.75, 3.05) is 19.5 Å². The maximum Gasteiger partial charge on any atom is 0.471 e. The van der Waals surface area contributed by atoms with E-state index in [9.17, 15) is 22.8 Å². The lowest BCUT2D eigenvalue weighted by atomic mass is 10.1. The molecule has 0 spiro atoms. The number of hydrogen-bond acceptors (Lipinski definition) is 4. The molecule has 0 aliphatic carbocycles. The van der Waals surface area contributed by atoms with E-state index >= 15 is 0 Å². The van der Waals surface area contributed by atoms with Gasteiger partial charge in [0.05, 0.1) is 14.2 Å². The Labute approximate surface area is 153 Å². The summed E-state index contributed by atoms with van der Waals surface area (Å²) in [5, 5.41) is 4.41. The lowest BCUT2D eigenvalue weighted by Crippen LogP contribution is -2.30. The second-order valence-corrected chi connectivity index (χ2v) is 5.40. The van der Waals surface area contributed by atoms with Crippen molar-refractivity contribution in [2.45, 2.75) is 12.7 Å². The number of ether oxygens (including phenoxy) is 2. The first-order valence-corrected chi connectivity index (χ1v) is 7.72. The van der Waals surface area contributed by atoms with Gasteiger partial charge in [-0.1, -0.05) is 12.1 Å². The van der Waals surface area contributed by atoms with Crippen LogP contribution >= 0.6 is 0 Å². The van der Waals surface area contributed by atoms with Gasteiger partial charge in [-0.3, -0.25) is 9.59 Å². The average Bonchev–Trinajstić information content (AvgIpc) is 2.65.